The Morgan fingerprint density at radius 1 is 1.41 bits per heavy atom. The number of nitrogens with one attached hydrogen (secondary N) is 2. The van der Waals surface area contributed by atoms with Crippen LogP contribution in [0.2, 0.25) is 0 Å². The molecule has 0 unspecified atom stereocenters. The number of carbonyl (C=O) groups is 1. The molecule has 0 aromatic rings. The number of ether oxygens (including phenoxy) is 1. The van der Waals surface area contributed by atoms with Crippen molar-refractivity contribution in [3.63, 3.8) is 0 Å². The third-order valence-electron chi connectivity index (χ3n) is 1.98. The normalized spacial score (nSPS) is 14.6. The molecule has 0 rings (SSSR count). The number of rotatable bonds is 7. The number of hydrogen-bond donors (Lipinski definition) is 3. The van der Waals surface area contributed by atoms with Gasteiger partial charge in [-0.05, 0) is 5.41 Å². The lowest BCUT2D eigenvalue weighted by molar-refractivity contribution is -0.141. The molecule has 102 valence electrons. The Balaban J connectivity index is 4.61. The number of carboxylic acids is 1. The van der Waals surface area contributed by atoms with Crippen LogP contribution >= 0.6 is 0 Å². The lowest BCUT2D eigenvalue weighted by Crippen LogP contribution is -2.52. The van der Waals surface area contributed by atoms with Gasteiger partial charge in [0.25, 0.3) is 10.2 Å². The van der Waals surface area contributed by atoms with Crippen LogP contribution in [-0.4, -0.2) is 45.8 Å². The van der Waals surface area contributed by atoms with E-state index in [9.17, 15) is 13.2 Å². The molecule has 0 aromatic heterocycles. The van der Waals surface area contributed by atoms with Crippen LogP contribution in [0.3, 0.4) is 0 Å². The summed E-state index contributed by atoms with van der Waals surface area (Å²) < 4.78 is 32.0. The van der Waals surface area contributed by atoms with Gasteiger partial charge in [0, 0.05) is 13.7 Å². The maximum Gasteiger partial charge on any atom is 0.322 e. The van der Waals surface area contributed by atoms with Crippen molar-refractivity contribution in [1.82, 2.24) is 9.44 Å². The number of carboxylic acid groups (broad SMARTS) is 1. The molecule has 0 aromatic carbocycles. The Hall–Kier alpha value is -0.700. The van der Waals surface area contributed by atoms with E-state index in [4.69, 9.17) is 5.11 Å². The van der Waals surface area contributed by atoms with Crippen molar-refractivity contribution in [2.45, 2.75) is 26.8 Å². The largest absolute Gasteiger partial charge is 0.480 e. The van der Waals surface area contributed by atoms with Gasteiger partial charge < -0.3 is 9.84 Å². The molecule has 0 aliphatic heterocycles. The summed E-state index contributed by atoms with van der Waals surface area (Å²) in [4.78, 5) is 11.0. The molecule has 0 bridgehead atoms. The van der Waals surface area contributed by atoms with Crippen LogP contribution in [0.1, 0.15) is 20.8 Å². The lowest BCUT2D eigenvalue weighted by Gasteiger charge is -2.27. The molecule has 7 nitrogen and oxygen atoms in total. The SMILES string of the molecule is COCCNS(=O)(=O)N[C@H](C(=O)O)C(C)(C)C. The molecule has 8 heteroatoms. The number of hydrogen-bond acceptors (Lipinski definition) is 4. The Bertz CT molecular complexity index is 347. The van der Waals surface area contributed by atoms with Crippen LogP contribution < -0.4 is 9.44 Å². The fourth-order valence-corrected chi connectivity index (χ4v) is 2.27. The Morgan fingerprint density at radius 3 is 2.29 bits per heavy atom. The highest BCUT2D eigenvalue weighted by atomic mass is 32.2. The second-order valence-electron chi connectivity index (χ2n) is 4.65. The molecule has 0 spiro atoms. The fourth-order valence-electron chi connectivity index (χ4n) is 1.07. The van der Waals surface area contributed by atoms with E-state index in [0.29, 0.717) is 0 Å². The van der Waals surface area contributed by atoms with Gasteiger partial charge in [0.1, 0.15) is 6.04 Å². The van der Waals surface area contributed by atoms with E-state index >= 15 is 0 Å². The van der Waals surface area contributed by atoms with Gasteiger partial charge in [-0.25, -0.2) is 0 Å². The van der Waals surface area contributed by atoms with Crippen LogP contribution in [0, 0.1) is 5.41 Å². The van der Waals surface area contributed by atoms with Crippen LogP contribution in [-0.2, 0) is 19.7 Å². The van der Waals surface area contributed by atoms with Crippen LogP contribution in [0.15, 0.2) is 0 Å². The van der Waals surface area contributed by atoms with Crippen LogP contribution in [0.4, 0.5) is 0 Å². The molecule has 17 heavy (non-hydrogen) atoms. The van der Waals surface area contributed by atoms with E-state index in [1.165, 1.54) is 7.11 Å². The van der Waals surface area contributed by atoms with E-state index < -0.39 is 27.6 Å². The lowest BCUT2D eigenvalue weighted by atomic mass is 9.88. The Kier molecular flexibility index (Phi) is 6.03. The van der Waals surface area contributed by atoms with Gasteiger partial charge in [-0.3, -0.25) is 4.79 Å². The molecule has 0 heterocycles. The summed E-state index contributed by atoms with van der Waals surface area (Å²) in [6.45, 7) is 5.23. The third kappa shape index (κ3) is 6.57. The second-order valence-corrected chi connectivity index (χ2v) is 6.18. The van der Waals surface area contributed by atoms with E-state index in [-0.39, 0.29) is 13.2 Å². The molecule has 0 aliphatic carbocycles. The predicted octanol–water partition coefficient (Wildman–Crippen LogP) is -0.444. The molecule has 1 atom stereocenters. The zero-order chi connectivity index (χ0) is 13.7. The Labute approximate surface area is 102 Å². The van der Waals surface area contributed by atoms with E-state index in [0.717, 1.165) is 0 Å². The van der Waals surface area contributed by atoms with Gasteiger partial charge in [0.15, 0.2) is 0 Å². The molecule has 0 amide bonds. The van der Waals surface area contributed by atoms with E-state index in [1.54, 1.807) is 20.8 Å². The monoisotopic (exact) mass is 268 g/mol. The first-order valence-corrected chi connectivity index (χ1v) is 6.57. The molecular weight excluding hydrogens is 248 g/mol. The van der Waals surface area contributed by atoms with Crippen LogP contribution in [0.25, 0.3) is 0 Å². The van der Waals surface area contributed by atoms with Gasteiger partial charge >= 0.3 is 5.97 Å². The standard InChI is InChI=1S/C9H20N2O5S/c1-9(2,3)7(8(12)13)11-17(14,15)10-5-6-16-4/h7,10-11H,5-6H2,1-4H3,(H,12,13)/t7-/m1/s1. The molecule has 3 N–H and O–H groups in total. The van der Waals surface area contributed by atoms with Gasteiger partial charge in [-0.15, -0.1) is 0 Å². The van der Waals surface area contributed by atoms with Crippen LogP contribution in [0.5, 0.6) is 0 Å². The molecule has 0 fully saturated rings. The Morgan fingerprint density at radius 2 is 1.94 bits per heavy atom. The summed E-state index contributed by atoms with van der Waals surface area (Å²) in [5, 5.41) is 8.96. The van der Waals surface area contributed by atoms with E-state index in [1.807, 2.05) is 0 Å². The number of methoxy groups -OCH3 is 1. The minimum Gasteiger partial charge on any atom is -0.480 e. The average molecular weight is 268 g/mol. The quantitative estimate of drug-likeness (QED) is 0.543. The van der Waals surface area contributed by atoms with Gasteiger partial charge in [0.05, 0.1) is 6.61 Å². The minimum absolute atomic E-state index is 0.0856. The summed E-state index contributed by atoms with van der Waals surface area (Å²) in [6, 6.07) is -1.19. The summed E-state index contributed by atoms with van der Waals surface area (Å²) in [5.41, 5.74) is -0.720. The topological polar surface area (TPSA) is 105 Å². The smallest absolute Gasteiger partial charge is 0.322 e. The van der Waals surface area contributed by atoms with Gasteiger partial charge in [-0.2, -0.15) is 17.9 Å². The first-order valence-electron chi connectivity index (χ1n) is 5.09. The summed E-state index contributed by atoms with van der Waals surface area (Å²) in [7, 11) is -2.40. The first kappa shape index (κ1) is 16.3. The highest BCUT2D eigenvalue weighted by molar-refractivity contribution is 7.87. The zero-order valence-corrected chi connectivity index (χ0v) is 11.3. The second kappa shape index (κ2) is 6.29. The predicted molar refractivity (Wildman–Crippen MR) is 62.8 cm³/mol. The highest BCUT2D eigenvalue weighted by Crippen LogP contribution is 2.19. The molecule has 0 saturated heterocycles. The zero-order valence-electron chi connectivity index (χ0n) is 10.5. The highest BCUT2D eigenvalue weighted by Gasteiger charge is 2.34. The van der Waals surface area contributed by atoms with Crippen molar-refractivity contribution in [3.05, 3.63) is 0 Å². The van der Waals surface area contributed by atoms with Crippen molar-refractivity contribution < 1.29 is 23.1 Å². The van der Waals surface area contributed by atoms with Crippen molar-refractivity contribution >= 4 is 16.2 Å². The van der Waals surface area contributed by atoms with Crippen molar-refractivity contribution in [2.75, 3.05) is 20.3 Å². The van der Waals surface area contributed by atoms with Crippen molar-refractivity contribution in [2.24, 2.45) is 5.41 Å². The maximum absolute atomic E-state index is 11.5. The molecule has 0 saturated carbocycles. The summed E-state index contributed by atoms with van der Waals surface area (Å²) in [5.74, 6) is -1.21. The summed E-state index contributed by atoms with van der Waals surface area (Å²) >= 11 is 0. The van der Waals surface area contributed by atoms with Gasteiger partial charge in [0.2, 0.25) is 0 Å². The third-order valence-corrected chi connectivity index (χ3v) is 3.11. The first-order chi connectivity index (χ1) is 7.60. The minimum atomic E-state index is -3.84. The molecule has 0 radical (unpaired) electrons. The maximum atomic E-state index is 11.5. The van der Waals surface area contributed by atoms with Crippen molar-refractivity contribution in [1.29, 1.82) is 0 Å². The fraction of sp³-hybridized carbons (Fsp3) is 0.889. The van der Waals surface area contributed by atoms with E-state index in [2.05, 4.69) is 14.2 Å². The van der Waals surface area contributed by atoms with Crippen molar-refractivity contribution in [3.8, 4) is 0 Å². The van der Waals surface area contributed by atoms with Gasteiger partial charge in [-0.1, -0.05) is 20.8 Å². The number of aliphatic carboxylic acids is 1. The molecule has 0 aliphatic rings. The molecular formula is C9H20N2O5S. The summed E-state index contributed by atoms with van der Waals surface area (Å²) in [6.07, 6.45) is 0. The average Bonchev–Trinajstić information content (AvgIpc) is 2.12.